The van der Waals surface area contributed by atoms with Crippen LogP contribution in [-0.4, -0.2) is 36.8 Å². The van der Waals surface area contributed by atoms with Crippen LogP contribution in [0, 0.1) is 0 Å². The van der Waals surface area contributed by atoms with Gasteiger partial charge in [-0.05, 0) is 19.5 Å². The first kappa shape index (κ1) is 16.8. The van der Waals surface area contributed by atoms with Gasteiger partial charge in [-0.3, -0.25) is 0 Å². The summed E-state index contributed by atoms with van der Waals surface area (Å²) in [5.41, 5.74) is 7.02. The standard InChI is InChI=1S/C13H22N2S.ClH/c1-12(10-14)15(2)8-9-16-11-13-6-4-3-5-7-13;/h3-7,12H,8-11,14H2,1-2H3;1H. The van der Waals surface area contributed by atoms with Crippen LogP contribution in [-0.2, 0) is 5.75 Å². The molecule has 0 aromatic heterocycles. The van der Waals surface area contributed by atoms with E-state index in [0.717, 1.165) is 24.6 Å². The van der Waals surface area contributed by atoms with Gasteiger partial charge < -0.3 is 10.6 Å². The molecule has 17 heavy (non-hydrogen) atoms. The predicted octanol–water partition coefficient (Wildman–Crippen LogP) is 2.62. The second kappa shape index (κ2) is 9.77. The zero-order valence-electron chi connectivity index (χ0n) is 10.6. The van der Waals surface area contributed by atoms with Crippen LogP contribution in [0.15, 0.2) is 30.3 Å². The number of hydrogen-bond acceptors (Lipinski definition) is 3. The minimum Gasteiger partial charge on any atom is -0.329 e. The molecule has 1 unspecified atom stereocenters. The van der Waals surface area contributed by atoms with Crippen LogP contribution in [0.3, 0.4) is 0 Å². The lowest BCUT2D eigenvalue weighted by Gasteiger charge is -2.22. The van der Waals surface area contributed by atoms with E-state index in [1.165, 1.54) is 5.56 Å². The first-order valence-corrected chi connectivity index (χ1v) is 6.91. The molecule has 98 valence electrons. The fraction of sp³-hybridized carbons (Fsp3) is 0.538. The van der Waals surface area contributed by atoms with Crippen molar-refractivity contribution in [3.05, 3.63) is 35.9 Å². The predicted molar refractivity (Wildman–Crippen MR) is 81.0 cm³/mol. The van der Waals surface area contributed by atoms with E-state index in [1.807, 2.05) is 11.8 Å². The third-order valence-corrected chi connectivity index (χ3v) is 3.80. The third-order valence-electron chi connectivity index (χ3n) is 2.79. The number of rotatable bonds is 7. The molecule has 4 heteroatoms. The van der Waals surface area contributed by atoms with Crippen LogP contribution < -0.4 is 5.73 Å². The second-order valence-electron chi connectivity index (χ2n) is 4.10. The third kappa shape index (κ3) is 6.94. The molecule has 2 nitrogen and oxygen atoms in total. The van der Waals surface area contributed by atoms with Crippen molar-refractivity contribution >= 4 is 24.2 Å². The molecule has 1 aromatic rings. The molecule has 0 spiro atoms. The van der Waals surface area contributed by atoms with Gasteiger partial charge >= 0.3 is 0 Å². The van der Waals surface area contributed by atoms with Crippen LogP contribution in [0.4, 0.5) is 0 Å². The summed E-state index contributed by atoms with van der Waals surface area (Å²) in [6.07, 6.45) is 0. The van der Waals surface area contributed by atoms with Crippen molar-refractivity contribution in [3.8, 4) is 0 Å². The van der Waals surface area contributed by atoms with Crippen LogP contribution in [0.2, 0.25) is 0 Å². The van der Waals surface area contributed by atoms with Crippen LogP contribution in [0.25, 0.3) is 0 Å². The van der Waals surface area contributed by atoms with Gasteiger partial charge in [0.25, 0.3) is 0 Å². The second-order valence-corrected chi connectivity index (χ2v) is 5.21. The van der Waals surface area contributed by atoms with Crippen molar-refractivity contribution in [1.82, 2.24) is 4.90 Å². The Morgan fingerprint density at radius 2 is 1.94 bits per heavy atom. The highest BCUT2D eigenvalue weighted by Gasteiger charge is 2.05. The number of benzene rings is 1. The lowest BCUT2D eigenvalue weighted by atomic mass is 10.2. The molecule has 1 aromatic carbocycles. The van der Waals surface area contributed by atoms with Gasteiger partial charge in [-0.15, -0.1) is 12.4 Å². The zero-order valence-corrected chi connectivity index (χ0v) is 12.3. The van der Waals surface area contributed by atoms with E-state index < -0.39 is 0 Å². The summed E-state index contributed by atoms with van der Waals surface area (Å²) in [7, 11) is 2.14. The van der Waals surface area contributed by atoms with Gasteiger partial charge in [-0.25, -0.2) is 0 Å². The van der Waals surface area contributed by atoms with Crippen molar-refractivity contribution in [1.29, 1.82) is 0 Å². The van der Waals surface area contributed by atoms with Crippen molar-refractivity contribution < 1.29 is 0 Å². The molecule has 0 radical (unpaired) electrons. The van der Waals surface area contributed by atoms with Crippen molar-refractivity contribution in [2.75, 3.05) is 25.9 Å². The molecule has 0 aliphatic rings. The molecule has 0 heterocycles. The van der Waals surface area contributed by atoms with Gasteiger partial charge in [0, 0.05) is 30.6 Å². The average molecular weight is 275 g/mol. The summed E-state index contributed by atoms with van der Waals surface area (Å²) in [6, 6.07) is 11.1. The molecule has 0 bridgehead atoms. The number of nitrogens with zero attached hydrogens (tertiary/aromatic N) is 1. The van der Waals surface area contributed by atoms with Gasteiger partial charge in [0.15, 0.2) is 0 Å². The Labute approximate surface area is 115 Å². The highest BCUT2D eigenvalue weighted by Crippen LogP contribution is 2.11. The molecular formula is C13H23ClN2S. The number of halogens is 1. The quantitative estimate of drug-likeness (QED) is 0.775. The average Bonchev–Trinajstić information content (AvgIpc) is 2.34. The number of nitrogens with two attached hydrogens (primary N) is 1. The summed E-state index contributed by atoms with van der Waals surface area (Å²) in [5, 5.41) is 0. The summed E-state index contributed by atoms with van der Waals surface area (Å²) in [4.78, 5) is 2.32. The Morgan fingerprint density at radius 1 is 1.29 bits per heavy atom. The maximum absolute atomic E-state index is 5.62. The number of thioether (sulfide) groups is 1. The van der Waals surface area contributed by atoms with E-state index in [0.29, 0.717) is 6.04 Å². The lowest BCUT2D eigenvalue weighted by molar-refractivity contribution is 0.279. The molecule has 0 fully saturated rings. The summed E-state index contributed by atoms with van der Waals surface area (Å²) < 4.78 is 0. The van der Waals surface area contributed by atoms with Crippen LogP contribution >= 0.6 is 24.2 Å². The van der Waals surface area contributed by atoms with Crippen molar-refractivity contribution in [2.45, 2.75) is 18.7 Å². The van der Waals surface area contributed by atoms with Gasteiger partial charge in [-0.2, -0.15) is 11.8 Å². The Balaban J connectivity index is 0.00000256. The minimum absolute atomic E-state index is 0. The van der Waals surface area contributed by atoms with Gasteiger partial charge in [0.2, 0.25) is 0 Å². The van der Waals surface area contributed by atoms with E-state index in [9.17, 15) is 0 Å². The fourth-order valence-corrected chi connectivity index (χ4v) is 2.36. The molecule has 0 aliphatic carbocycles. The van der Waals surface area contributed by atoms with E-state index in [2.05, 4.69) is 49.2 Å². The van der Waals surface area contributed by atoms with Gasteiger partial charge in [0.05, 0.1) is 0 Å². The Hall–Kier alpha value is -0.220. The van der Waals surface area contributed by atoms with Crippen LogP contribution in [0.5, 0.6) is 0 Å². The summed E-state index contributed by atoms with van der Waals surface area (Å²) in [6.45, 7) is 4.01. The summed E-state index contributed by atoms with van der Waals surface area (Å²) in [5.74, 6) is 2.27. The van der Waals surface area contributed by atoms with Gasteiger partial charge in [-0.1, -0.05) is 30.3 Å². The molecule has 1 atom stereocenters. The summed E-state index contributed by atoms with van der Waals surface area (Å²) >= 11 is 1.98. The molecule has 1 rings (SSSR count). The van der Waals surface area contributed by atoms with Crippen molar-refractivity contribution in [3.63, 3.8) is 0 Å². The van der Waals surface area contributed by atoms with E-state index >= 15 is 0 Å². The Morgan fingerprint density at radius 3 is 2.53 bits per heavy atom. The van der Waals surface area contributed by atoms with E-state index in [1.54, 1.807) is 0 Å². The van der Waals surface area contributed by atoms with Gasteiger partial charge in [0.1, 0.15) is 0 Å². The molecule has 0 amide bonds. The minimum atomic E-state index is 0. The molecule has 0 saturated heterocycles. The SMILES string of the molecule is CC(CN)N(C)CCSCc1ccccc1.Cl. The van der Waals surface area contributed by atoms with Crippen molar-refractivity contribution in [2.24, 2.45) is 5.73 Å². The Bertz CT molecular complexity index is 282. The highest BCUT2D eigenvalue weighted by molar-refractivity contribution is 7.98. The molecular weight excluding hydrogens is 252 g/mol. The zero-order chi connectivity index (χ0) is 11.8. The maximum Gasteiger partial charge on any atom is 0.0187 e. The van der Waals surface area contributed by atoms with E-state index in [-0.39, 0.29) is 12.4 Å². The topological polar surface area (TPSA) is 29.3 Å². The fourth-order valence-electron chi connectivity index (χ4n) is 1.37. The Kier molecular flexibility index (Phi) is 9.65. The first-order valence-electron chi connectivity index (χ1n) is 5.76. The number of hydrogen-bond donors (Lipinski definition) is 1. The monoisotopic (exact) mass is 274 g/mol. The highest BCUT2D eigenvalue weighted by atomic mass is 35.5. The molecule has 2 N–H and O–H groups in total. The number of likely N-dealkylation sites (N-methyl/N-ethyl adjacent to an activating group) is 1. The first-order chi connectivity index (χ1) is 7.74. The molecule has 0 aliphatic heterocycles. The largest absolute Gasteiger partial charge is 0.329 e. The molecule has 0 saturated carbocycles. The normalized spacial score (nSPS) is 12.2. The lowest BCUT2D eigenvalue weighted by Crippen LogP contribution is -2.36. The van der Waals surface area contributed by atoms with E-state index in [4.69, 9.17) is 5.73 Å². The maximum atomic E-state index is 5.62. The van der Waals surface area contributed by atoms with Crippen LogP contribution in [0.1, 0.15) is 12.5 Å². The smallest absolute Gasteiger partial charge is 0.0187 e.